The predicted molar refractivity (Wildman–Crippen MR) is 102 cm³/mol. The third-order valence-corrected chi connectivity index (χ3v) is 3.63. The molecule has 7 nitrogen and oxygen atoms in total. The van der Waals surface area contributed by atoms with E-state index in [-0.39, 0.29) is 6.61 Å². The van der Waals surface area contributed by atoms with Gasteiger partial charge in [0.1, 0.15) is 6.61 Å². The van der Waals surface area contributed by atoms with Crippen LogP contribution in [0.3, 0.4) is 0 Å². The van der Waals surface area contributed by atoms with Crippen LogP contribution in [-0.2, 0) is 25.7 Å². The standard InChI is InChI=1S/C20H28N2O5/c1-20(2,3)15(12-22(4)5)17(23)16(18(24)26-6)21-19(25)27-13-14-10-8-7-9-11-14/h7-12,16H,13H2,1-6H3,(H,21,25)/b15-12+. The van der Waals surface area contributed by atoms with Crippen molar-refractivity contribution in [2.75, 3.05) is 21.2 Å². The summed E-state index contributed by atoms with van der Waals surface area (Å²) in [5.74, 6) is -1.40. The van der Waals surface area contributed by atoms with Gasteiger partial charge in [0.2, 0.25) is 0 Å². The van der Waals surface area contributed by atoms with Gasteiger partial charge in [0, 0.05) is 25.9 Å². The maximum atomic E-state index is 13.0. The number of esters is 1. The first-order chi connectivity index (χ1) is 12.6. The second-order valence-corrected chi connectivity index (χ2v) is 7.28. The van der Waals surface area contributed by atoms with Crippen molar-refractivity contribution in [3.63, 3.8) is 0 Å². The number of benzene rings is 1. The van der Waals surface area contributed by atoms with Crippen molar-refractivity contribution >= 4 is 17.8 Å². The zero-order valence-corrected chi connectivity index (χ0v) is 16.7. The van der Waals surface area contributed by atoms with Crippen LogP contribution in [0.15, 0.2) is 42.1 Å². The summed E-state index contributed by atoms with van der Waals surface area (Å²) < 4.78 is 9.80. The van der Waals surface area contributed by atoms with E-state index < -0.39 is 29.3 Å². The Morgan fingerprint density at radius 1 is 1.15 bits per heavy atom. The smallest absolute Gasteiger partial charge is 0.408 e. The summed E-state index contributed by atoms with van der Waals surface area (Å²) in [7, 11) is 4.70. The van der Waals surface area contributed by atoms with Crippen LogP contribution >= 0.6 is 0 Å². The summed E-state index contributed by atoms with van der Waals surface area (Å²) in [6.07, 6.45) is 0.760. The van der Waals surface area contributed by atoms with Gasteiger partial charge in [0.25, 0.3) is 0 Å². The van der Waals surface area contributed by atoms with Gasteiger partial charge in [-0.05, 0) is 11.0 Å². The molecule has 0 heterocycles. The third kappa shape index (κ3) is 7.13. The van der Waals surface area contributed by atoms with Crippen molar-refractivity contribution in [2.45, 2.75) is 33.4 Å². The number of rotatable bonds is 7. The average Bonchev–Trinajstić information content (AvgIpc) is 2.61. The Balaban J connectivity index is 2.95. The number of carbonyl (C=O) groups is 3. The van der Waals surface area contributed by atoms with Gasteiger partial charge in [-0.15, -0.1) is 0 Å². The van der Waals surface area contributed by atoms with E-state index in [1.165, 1.54) is 0 Å². The molecule has 0 aliphatic heterocycles. The number of carbonyl (C=O) groups excluding carboxylic acids is 3. The fourth-order valence-electron chi connectivity index (χ4n) is 2.27. The molecule has 1 unspecified atom stereocenters. The summed E-state index contributed by atoms with van der Waals surface area (Å²) in [5, 5.41) is 2.32. The number of nitrogens with zero attached hydrogens (tertiary/aromatic N) is 1. The first-order valence-corrected chi connectivity index (χ1v) is 8.54. The largest absolute Gasteiger partial charge is 0.467 e. The molecule has 0 spiro atoms. The lowest BCUT2D eigenvalue weighted by Gasteiger charge is -2.26. The molecule has 0 radical (unpaired) electrons. The first kappa shape index (κ1) is 22.2. The highest BCUT2D eigenvalue weighted by molar-refractivity contribution is 6.13. The number of methoxy groups -OCH3 is 1. The number of hydrogen-bond donors (Lipinski definition) is 1. The van der Waals surface area contributed by atoms with Crippen LogP contribution in [0, 0.1) is 5.41 Å². The minimum atomic E-state index is -1.48. The van der Waals surface area contributed by atoms with Gasteiger partial charge in [-0.1, -0.05) is 51.1 Å². The maximum Gasteiger partial charge on any atom is 0.408 e. The van der Waals surface area contributed by atoms with E-state index in [9.17, 15) is 14.4 Å². The summed E-state index contributed by atoms with van der Waals surface area (Å²) in [6, 6.07) is 7.60. The van der Waals surface area contributed by atoms with E-state index in [2.05, 4.69) is 5.32 Å². The Labute approximate surface area is 160 Å². The van der Waals surface area contributed by atoms with E-state index in [1.54, 1.807) is 37.3 Å². The number of alkyl carbamates (subject to hydrolysis) is 1. The zero-order valence-electron chi connectivity index (χ0n) is 16.7. The van der Waals surface area contributed by atoms with E-state index >= 15 is 0 Å². The van der Waals surface area contributed by atoms with Gasteiger partial charge in [0.05, 0.1) is 7.11 Å². The van der Waals surface area contributed by atoms with Crippen LogP contribution in [0.2, 0.25) is 0 Å². The van der Waals surface area contributed by atoms with Crippen LogP contribution < -0.4 is 5.32 Å². The highest BCUT2D eigenvalue weighted by atomic mass is 16.6. The molecule has 0 aliphatic carbocycles. The summed E-state index contributed by atoms with van der Waals surface area (Å²) in [4.78, 5) is 38.9. The molecule has 1 aromatic rings. The third-order valence-electron chi connectivity index (χ3n) is 3.63. The minimum absolute atomic E-state index is 0.0222. The van der Waals surface area contributed by atoms with Gasteiger partial charge in [-0.25, -0.2) is 9.59 Å². The van der Waals surface area contributed by atoms with Crippen LogP contribution in [0.25, 0.3) is 0 Å². The molecule has 1 rings (SSSR count). The molecule has 0 aromatic heterocycles. The lowest BCUT2D eigenvalue weighted by molar-refractivity contribution is -0.145. The molecule has 7 heteroatoms. The van der Waals surface area contributed by atoms with Gasteiger partial charge >= 0.3 is 12.1 Å². The van der Waals surface area contributed by atoms with Crippen LogP contribution in [-0.4, -0.2) is 50.0 Å². The number of amides is 1. The molecule has 1 amide bonds. The lowest BCUT2D eigenvalue weighted by Crippen LogP contribution is -2.49. The number of ketones is 1. The molecular weight excluding hydrogens is 348 g/mol. The Kier molecular flexibility index (Phi) is 8.02. The maximum absolute atomic E-state index is 13.0. The van der Waals surface area contributed by atoms with Crippen molar-refractivity contribution in [3.05, 3.63) is 47.7 Å². The van der Waals surface area contributed by atoms with Crippen LogP contribution in [0.5, 0.6) is 0 Å². The van der Waals surface area contributed by atoms with Gasteiger partial charge in [-0.2, -0.15) is 0 Å². The van der Waals surface area contributed by atoms with E-state index in [0.29, 0.717) is 5.57 Å². The SMILES string of the molecule is COC(=O)C(NC(=O)OCc1ccccc1)C(=O)/C(=C\N(C)C)C(C)(C)C. The fourth-order valence-corrected chi connectivity index (χ4v) is 2.27. The van der Waals surface area contributed by atoms with E-state index in [0.717, 1.165) is 12.7 Å². The van der Waals surface area contributed by atoms with Gasteiger partial charge < -0.3 is 19.7 Å². The molecule has 0 bridgehead atoms. The highest BCUT2D eigenvalue weighted by Gasteiger charge is 2.36. The summed E-state index contributed by atoms with van der Waals surface area (Å²) in [6.45, 7) is 5.57. The van der Waals surface area contributed by atoms with Gasteiger partial charge in [0.15, 0.2) is 11.8 Å². The predicted octanol–water partition coefficient (Wildman–Crippen LogP) is 2.52. The second-order valence-electron chi connectivity index (χ2n) is 7.28. The van der Waals surface area contributed by atoms with Crippen molar-refractivity contribution in [1.82, 2.24) is 10.2 Å². The minimum Gasteiger partial charge on any atom is -0.467 e. The summed E-state index contributed by atoms with van der Waals surface area (Å²) >= 11 is 0. The van der Waals surface area contributed by atoms with E-state index in [1.807, 2.05) is 39.0 Å². The van der Waals surface area contributed by atoms with Crippen molar-refractivity contribution < 1.29 is 23.9 Å². The Morgan fingerprint density at radius 2 is 1.74 bits per heavy atom. The Morgan fingerprint density at radius 3 is 2.22 bits per heavy atom. The molecule has 1 atom stereocenters. The molecule has 0 aliphatic rings. The Bertz CT molecular complexity index is 690. The normalized spacial score (nSPS) is 12.7. The van der Waals surface area contributed by atoms with Crippen molar-refractivity contribution in [1.29, 1.82) is 0 Å². The molecule has 148 valence electrons. The molecule has 0 saturated carbocycles. The molecule has 1 N–H and O–H groups in total. The molecule has 27 heavy (non-hydrogen) atoms. The second kappa shape index (κ2) is 9.75. The zero-order chi connectivity index (χ0) is 20.6. The Hall–Kier alpha value is -2.83. The molecule has 0 saturated heterocycles. The molecular formula is C20H28N2O5. The van der Waals surface area contributed by atoms with Gasteiger partial charge in [-0.3, -0.25) is 4.79 Å². The molecule has 0 fully saturated rings. The number of nitrogens with one attached hydrogen (secondary N) is 1. The summed E-state index contributed by atoms with van der Waals surface area (Å²) in [5.41, 5.74) is 0.631. The monoisotopic (exact) mass is 376 g/mol. The highest BCUT2D eigenvalue weighted by Crippen LogP contribution is 2.27. The van der Waals surface area contributed by atoms with Crippen molar-refractivity contribution in [3.8, 4) is 0 Å². The number of hydrogen-bond acceptors (Lipinski definition) is 6. The fraction of sp³-hybridized carbons (Fsp3) is 0.450. The van der Waals surface area contributed by atoms with Crippen molar-refractivity contribution in [2.24, 2.45) is 5.41 Å². The lowest BCUT2D eigenvalue weighted by atomic mass is 9.82. The number of Topliss-reactive ketones (excluding diaryl/α,β-unsaturated/α-hetero) is 1. The van der Waals surface area contributed by atoms with E-state index in [4.69, 9.17) is 9.47 Å². The topological polar surface area (TPSA) is 84.9 Å². The number of ether oxygens (including phenoxy) is 2. The van der Waals surface area contributed by atoms with Crippen LogP contribution in [0.1, 0.15) is 26.3 Å². The first-order valence-electron chi connectivity index (χ1n) is 8.54. The quantitative estimate of drug-likeness (QED) is 0.447. The average molecular weight is 376 g/mol. The molecule has 1 aromatic carbocycles. The van der Waals surface area contributed by atoms with Crippen LogP contribution in [0.4, 0.5) is 4.79 Å².